The minimum Gasteiger partial charge on any atom is -0.496 e. The van der Waals surface area contributed by atoms with Gasteiger partial charge in [-0.05, 0) is 73.6 Å². The predicted octanol–water partition coefficient (Wildman–Crippen LogP) is 5.16. The van der Waals surface area contributed by atoms with Gasteiger partial charge in [-0.2, -0.15) is 0 Å². The number of carbonyl (C=O) groups excluding carboxylic acids is 1. The Morgan fingerprint density at radius 2 is 1.69 bits per heavy atom. The van der Waals surface area contributed by atoms with Crippen molar-refractivity contribution in [1.29, 1.82) is 0 Å². The van der Waals surface area contributed by atoms with Crippen LogP contribution in [0.3, 0.4) is 0 Å². The van der Waals surface area contributed by atoms with Crippen molar-refractivity contribution in [3.63, 3.8) is 0 Å². The van der Waals surface area contributed by atoms with Gasteiger partial charge in [-0.3, -0.25) is 4.79 Å². The molecule has 0 spiro atoms. The van der Waals surface area contributed by atoms with Crippen LogP contribution in [-0.4, -0.2) is 13.0 Å². The molecule has 3 heteroatoms. The van der Waals surface area contributed by atoms with E-state index in [1.165, 1.54) is 11.1 Å². The van der Waals surface area contributed by atoms with E-state index in [4.69, 9.17) is 4.74 Å². The van der Waals surface area contributed by atoms with E-state index in [1.807, 2.05) is 13.8 Å². The molecule has 0 aliphatic rings. The van der Waals surface area contributed by atoms with Crippen LogP contribution in [0.1, 0.15) is 66.1 Å². The number of ether oxygens (including phenoxy) is 1. The third kappa shape index (κ3) is 4.66. The Balaban J connectivity index is 2.18. The lowest BCUT2D eigenvalue weighted by molar-refractivity contribution is -0.121. The fourth-order valence-corrected chi connectivity index (χ4v) is 3.34. The molecule has 2 rings (SSSR count). The molecule has 1 atom stereocenters. The third-order valence-corrected chi connectivity index (χ3v) is 4.94. The maximum Gasteiger partial charge on any atom is 0.224 e. The number of rotatable bonds is 6. The van der Waals surface area contributed by atoms with Gasteiger partial charge in [-0.25, -0.2) is 0 Å². The molecule has 0 aliphatic carbocycles. The van der Waals surface area contributed by atoms with Gasteiger partial charge in [0.05, 0.1) is 19.6 Å². The van der Waals surface area contributed by atoms with Crippen molar-refractivity contribution in [3.05, 3.63) is 63.7 Å². The van der Waals surface area contributed by atoms with Gasteiger partial charge in [-0.15, -0.1) is 0 Å². The molecule has 0 saturated heterocycles. The number of amides is 1. The summed E-state index contributed by atoms with van der Waals surface area (Å²) in [5.74, 6) is 1.32. The first-order valence-corrected chi connectivity index (χ1v) is 9.26. The first-order chi connectivity index (χ1) is 12.2. The van der Waals surface area contributed by atoms with Crippen LogP contribution in [0.2, 0.25) is 0 Å². The molecule has 0 radical (unpaired) electrons. The van der Waals surface area contributed by atoms with E-state index in [0.29, 0.717) is 12.3 Å². The van der Waals surface area contributed by atoms with Crippen LogP contribution in [0.15, 0.2) is 30.3 Å². The highest BCUT2D eigenvalue weighted by molar-refractivity contribution is 5.79. The Labute approximate surface area is 157 Å². The van der Waals surface area contributed by atoms with Crippen LogP contribution in [0.25, 0.3) is 0 Å². The summed E-state index contributed by atoms with van der Waals surface area (Å²) in [6.45, 7) is 12.5. The number of aryl methyl sites for hydroxylation is 3. The summed E-state index contributed by atoms with van der Waals surface area (Å²) in [6, 6.07) is 10.4. The van der Waals surface area contributed by atoms with Crippen molar-refractivity contribution >= 4 is 5.91 Å². The van der Waals surface area contributed by atoms with E-state index >= 15 is 0 Å². The molecular formula is C23H31NO2. The summed E-state index contributed by atoms with van der Waals surface area (Å²) in [7, 11) is 1.70. The fourth-order valence-electron chi connectivity index (χ4n) is 3.34. The van der Waals surface area contributed by atoms with Crippen molar-refractivity contribution in [2.24, 2.45) is 0 Å². The Bertz CT molecular complexity index is 793. The number of nitrogens with one attached hydrogen (secondary N) is 1. The normalized spacial score (nSPS) is 12.2. The molecule has 2 aromatic carbocycles. The minimum atomic E-state index is -0.0454. The third-order valence-electron chi connectivity index (χ3n) is 4.94. The molecule has 0 aliphatic heterocycles. The summed E-state index contributed by atoms with van der Waals surface area (Å²) in [5.41, 5.74) is 6.86. The number of methoxy groups -OCH3 is 1. The van der Waals surface area contributed by atoms with Crippen LogP contribution < -0.4 is 10.1 Å². The smallest absolute Gasteiger partial charge is 0.224 e. The van der Waals surface area contributed by atoms with E-state index in [1.54, 1.807) is 7.11 Å². The molecule has 0 aromatic heterocycles. The summed E-state index contributed by atoms with van der Waals surface area (Å²) in [6.07, 6.45) is 0.407. The van der Waals surface area contributed by atoms with Gasteiger partial charge in [0.1, 0.15) is 5.75 Å². The second kappa shape index (κ2) is 8.39. The zero-order chi connectivity index (χ0) is 19.4. The second-order valence-corrected chi connectivity index (χ2v) is 7.50. The highest BCUT2D eigenvalue weighted by Gasteiger charge is 2.17. The average molecular weight is 354 g/mol. The first kappa shape index (κ1) is 20.0. The van der Waals surface area contributed by atoms with Crippen molar-refractivity contribution < 1.29 is 9.53 Å². The highest BCUT2D eigenvalue weighted by Crippen LogP contribution is 2.32. The van der Waals surface area contributed by atoms with E-state index in [0.717, 1.165) is 28.0 Å². The minimum absolute atomic E-state index is 0.0454. The number of hydrogen-bond acceptors (Lipinski definition) is 2. The SMILES string of the molecule is COc1cc(C)c([C@H](C)NC(=O)Cc2cc(C)ccc2C)cc1C(C)C. The topological polar surface area (TPSA) is 38.3 Å². The molecule has 2 aromatic rings. The monoisotopic (exact) mass is 353 g/mol. The van der Waals surface area contributed by atoms with Crippen LogP contribution >= 0.6 is 0 Å². The van der Waals surface area contributed by atoms with E-state index < -0.39 is 0 Å². The lowest BCUT2D eigenvalue weighted by Crippen LogP contribution is -2.29. The van der Waals surface area contributed by atoms with Gasteiger partial charge in [0.15, 0.2) is 0 Å². The Morgan fingerprint density at radius 1 is 1.00 bits per heavy atom. The molecule has 0 heterocycles. The van der Waals surface area contributed by atoms with Crippen molar-refractivity contribution in [3.8, 4) is 5.75 Å². The molecule has 26 heavy (non-hydrogen) atoms. The van der Waals surface area contributed by atoms with Gasteiger partial charge in [-0.1, -0.05) is 37.6 Å². The number of carbonyl (C=O) groups is 1. The molecule has 0 bridgehead atoms. The quantitative estimate of drug-likeness (QED) is 0.778. The van der Waals surface area contributed by atoms with Crippen molar-refractivity contribution in [1.82, 2.24) is 5.32 Å². The van der Waals surface area contributed by atoms with Gasteiger partial charge < -0.3 is 10.1 Å². The molecule has 140 valence electrons. The van der Waals surface area contributed by atoms with Gasteiger partial charge in [0.2, 0.25) is 5.91 Å². The largest absolute Gasteiger partial charge is 0.496 e. The first-order valence-electron chi connectivity index (χ1n) is 9.26. The predicted molar refractivity (Wildman–Crippen MR) is 108 cm³/mol. The molecule has 3 nitrogen and oxygen atoms in total. The van der Waals surface area contributed by atoms with Crippen LogP contribution in [-0.2, 0) is 11.2 Å². The number of benzene rings is 2. The van der Waals surface area contributed by atoms with E-state index in [2.05, 4.69) is 63.3 Å². The molecule has 1 amide bonds. The Hall–Kier alpha value is -2.29. The summed E-state index contributed by atoms with van der Waals surface area (Å²) >= 11 is 0. The van der Waals surface area contributed by atoms with Crippen LogP contribution in [0, 0.1) is 20.8 Å². The van der Waals surface area contributed by atoms with Crippen molar-refractivity contribution in [2.75, 3.05) is 7.11 Å². The standard InChI is InChI=1S/C23H31NO2/c1-14(2)20-13-21(17(5)11-22(20)26-7)18(6)24-23(25)12-19-10-15(3)8-9-16(19)4/h8-11,13-14,18H,12H2,1-7H3,(H,24,25)/t18-/m0/s1. The summed E-state index contributed by atoms with van der Waals surface area (Å²) in [4.78, 5) is 12.6. The zero-order valence-corrected chi connectivity index (χ0v) is 17.1. The molecule has 0 unspecified atom stereocenters. The van der Waals surface area contributed by atoms with Crippen LogP contribution in [0.4, 0.5) is 0 Å². The van der Waals surface area contributed by atoms with Gasteiger partial charge in [0.25, 0.3) is 0 Å². The van der Waals surface area contributed by atoms with Crippen LogP contribution in [0.5, 0.6) is 5.75 Å². The highest BCUT2D eigenvalue weighted by atomic mass is 16.5. The fraction of sp³-hybridized carbons (Fsp3) is 0.435. The molecular weight excluding hydrogens is 322 g/mol. The van der Waals surface area contributed by atoms with Gasteiger partial charge in [0, 0.05) is 0 Å². The lowest BCUT2D eigenvalue weighted by Gasteiger charge is -2.21. The molecule has 1 N–H and O–H groups in total. The molecule has 0 fully saturated rings. The summed E-state index contributed by atoms with van der Waals surface area (Å²) < 4.78 is 5.52. The maximum absolute atomic E-state index is 12.6. The maximum atomic E-state index is 12.6. The average Bonchev–Trinajstić information content (AvgIpc) is 2.57. The zero-order valence-electron chi connectivity index (χ0n) is 17.1. The lowest BCUT2D eigenvalue weighted by atomic mass is 9.93. The Morgan fingerprint density at radius 3 is 2.31 bits per heavy atom. The van der Waals surface area contributed by atoms with Crippen molar-refractivity contribution in [2.45, 2.75) is 59.9 Å². The molecule has 0 saturated carbocycles. The Kier molecular flexibility index (Phi) is 6.47. The summed E-state index contributed by atoms with van der Waals surface area (Å²) in [5, 5.41) is 3.16. The van der Waals surface area contributed by atoms with E-state index in [9.17, 15) is 4.79 Å². The number of hydrogen-bond donors (Lipinski definition) is 1. The second-order valence-electron chi connectivity index (χ2n) is 7.50. The van der Waals surface area contributed by atoms with E-state index in [-0.39, 0.29) is 11.9 Å². The van der Waals surface area contributed by atoms with Gasteiger partial charge >= 0.3 is 0 Å².